The fourth-order valence-corrected chi connectivity index (χ4v) is 2.89. The Morgan fingerprint density at radius 2 is 1.75 bits per heavy atom. The van der Waals surface area contributed by atoms with Crippen molar-refractivity contribution >= 4 is 10.0 Å². The van der Waals surface area contributed by atoms with Crippen LogP contribution in [0.4, 0.5) is 0 Å². The van der Waals surface area contributed by atoms with Crippen molar-refractivity contribution in [2.45, 2.75) is 11.4 Å². The molecule has 0 amide bonds. The summed E-state index contributed by atoms with van der Waals surface area (Å²) in [5, 5.41) is 9.60. The first-order valence-corrected chi connectivity index (χ1v) is 7.42. The summed E-state index contributed by atoms with van der Waals surface area (Å²) in [5.41, 5.74) is 0.717. The highest BCUT2D eigenvalue weighted by atomic mass is 32.2. The molecule has 2 rings (SSSR count). The Balaban J connectivity index is 2.20. The summed E-state index contributed by atoms with van der Waals surface area (Å²) in [6.45, 7) is 0.0840. The third kappa shape index (κ3) is 3.09. The minimum atomic E-state index is -3.77. The summed E-state index contributed by atoms with van der Waals surface area (Å²) in [7, 11) is -2.25. The highest BCUT2D eigenvalue weighted by Gasteiger charge is 2.18. The Kier molecular flexibility index (Phi) is 4.26. The zero-order valence-electron chi connectivity index (χ0n) is 10.9. The molecule has 0 aliphatic rings. The van der Waals surface area contributed by atoms with Crippen LogP contribution < -0.4 is 9.46 Å². The van der Waals surface area contributed by atoms with Crippen molar-refractivity contribution in [3.05, 3.63) is 54.1 Å². The van der Waals surface area contributed by atoms with Crippen LogP contribution in [0.15, 0.2) is 53.4 Å². The molecule has 0 radical (unpaired) electrons. The molecule has 0 fully saturated rings. The molecule has 5 nitrogen and oxygen atoms in total. The predicted molar refractivity (Wildman–Crippen MR) is 75.1 cm³/mol. The van der Waals surface area contributed by atoms with Gasteiger partial charge in [0.1, 0.15) is 16.4 Å². The maximum absolute atomic E-state index is 12.1. The van der Waals surface area contributed by atoms with Gasteiger partial charge in [-0.1, -0.05) is 30.3 Å². The second kappa shape index (κ2) is 5.94. The van der Waals surface area contributed by atoms with E-state index >= 15 is 0 Å². The third-order valence-corrected chi connectivity index (χ3v) is 4.25. The lowest BCUT2D eigenvalue weighted by Crippen LogP contribution is -2.23. The summed E-state index contributed by atoms with van der Waals surface area (Å²) >= 11 is 0. The lowest BCUT2D eigenvalue weighted by Gasteiger charge is -2.10. The highest BCUT2D eigenvalue weighted by Crippen LogP contribution is 2.22. The molecule has 106 valence electrons. The van der Waals surface area contributed by atoms with Crippen molar-refractivity contribution in [2.24, 2.45) is 0 Å². The molecular formula is C14H15NO4S. The quantitative estimate of drug-likeness (QED) is 0.882. The van der Waals surface area contributed by atoms with Crippen LogP contribution in [0.1, 0.15) is 5.56 Å². The molecule has 0 saturated carbocycles. The van der Waals surface area contributed by atoms with E-state index in [0.29, 0.717) is 11.3 Å². The van der Waals surface area contributed by atoms with E-state index in [2.05, 4.69) is 4.72 Å². The van der Waals surface area contributed by atoms with E-state index in [9.17, 15) is 13.5 Å². The molecule has 2 aromatic rings. The first kappa shape index (κ1) is 14.4. The summed E-state index contributed by atoms with van der Waals surface area (Å²) in [6.07, 6.45) is 0. The molecule has 6 heteroatoms. The molecule has 0 spiro atoms. The summed E-state index contributed by atoms with van der Waals surface area (Å²) < 4.78 is 31.8. The number of phenolic OH excluding ortho intramolecular Hbond substituents is 1. The summed E-state index contributed by atoms with van der Waals surface area (Å²) in [6, 6.07) is 12.9. The topological polar surface area (TPSA) is 75.6 Å². The first-order chi connectivity index (χ1) is 9.54. The summed E-state index contributed by atoms with van der Waals surface area (Å²) in [5.74, 6) is 0.326. The van der Waals surface area contributed by atoms with Crippen LogP contribution in [-0.4, -0.2) is 20.6 Å². The Morgan fingerprint density at radius 3 is 2.45 bits per heavy atom. The van der Waals surface area contributed by atoms with Gasteiger partial charge in [0.2, 0.25) is 10.0 Å². The zero-order chi connectivity index (χ0) is 14.6. The monoisotopic (exact) mass is 293 g/mol. The summed E-state index contributed by atoms with van der Waals surface area (Å²) in [4.78, 5) is -0.144. The van der Waals surface area contributed by atoms with E-state index in [1.807, 2.05) is 0 Å². The SMILES string of the molecule is COc1ccccc1CNS(=O)(=O)c1ccccc1O. The van der Waals surface area contributed by atoms with Crippen molar-refractivity contribution in [2.75, 3.05) is 7.11 Å². The number of hydrogen-bond donors (Lipinski definition) is 2. The van der Waals surface area contributed by atoms with Crippen LogP contribution in [0.3, 0.4) is 0 Å². The number of phenols is 1. The molecule has 0 heterocycles. The molecule has 20 heavy (non-hydrogen) atoms. The largest absolute Gasteiger partial charge is 0.507 e. The Bertz CT molecular complexity index is 698. The lowest BCUT2D eigenvalue weighted by atomic mass is 10.2. The zero-order valence-corrected chi connectivity index (χ0v) is 11.7. The van der Waals surface area contributed by atoms with Gasteiger partial charge in [0.15, 0.2) is 0 Å². The smallest absolute Gasteiger partial charge is 0.244 e. The average Bonchev–Trinajstić information content (AvgIpc) is 2.46. The third-order valence-electron chi connectivity index (χ3n) is 2.80. The van der Waals surface area contributed by atoms with Gasteiger partial charge in [0, 0.05) is 12.1 Å². The fraction of sp³-hybridized carbons (Fsp3) is 0.143. The molecule has 0 aromatic heterocycles. The number of aromatic hydroxyl groups is 1. The number of methoxy groups -OCH3 is 1. The number of ether oxygens (including phenoxy) is 1. The minimum Gasteiger partial charge on any atom is -0.507 e. The first-order valence-electron chi connectivity index (χ1n) is 5.94. The molecule has 0 aliphatic carbocycles. The van der Waals surface area contributed by atoms with E-state index in [1.165, 1.54) is 19.2 Å². The van der Waals surface area contributed by atoms with Gasteiger partial charge >= 0.3 is 0 Å². The molecule has 2 N–H and O–H groups in total. The van der Waals surface area contributed by atoms with Crippen LogP contribution in [-0.2, 0) is 16.6 Å². The Labute approximate surface area is 117 Å². The van der Waals surface area contributed by atoms with E-state index in [-0.39, 0.29) is 17.2 Å². The standard InChI is InChI=1S/C14H15NO4S/c1-19-13-8-4-2-6-11(13)10-15-20(17,18)14-9-5-3-7-12(14)16/h2-9,15-16H,10H2,1H3. The van der Waals surface area contributed by atoms with Gasteiger partial charge < -0.3 is 9.84 Å². The van der Waals surface area contributed by atoms with Crippen molar-refractivity contribution in [1.29, 1.82) is 0 Å². The van der Waals surface area contributed by atoms with Crippen LogP contribution in [0, 0.1) is 0 Å². The number of benzene rings is 2. The maximum atomic E-state index is 12.1. The molecule has 0 saturated heterocycles. The predicted octanol–water partition coefficient (Wildman–Crippen LogP) is 1.88. The molecule has 2 aromatic carbocycles. The molecule has 0 aliphatic heterocycles. The van der Waals surface area contributed by atoms with Gasteiger partial charge in [-0.15, -0.1) is 0 Å². The van der Waals surface area contributed by atoms with E-state index in [0.717, 1.165) is 0 Å². The molecule has 0 bridgehead atoms. The Hall–Kier alpha value is -2.05. The van der Waals surface area contributed by atoms with Gasteiger partial charge in [0.25, 0.3) is 0 Å². The molecule has 0 unspecified atom stereocenters. The van der Waals surface area contributed by atoms with E-state index in [4.69, 9.17) is 4.74 Å². The van der Waals surface area contributed by atoms with Gasteiger partial charge in [-0.3, -0.25) is 0 Å². The van der Waals surface area contributed by atoms with Crippen LogP contribution in [0.25, 0.3) is 0 Å². The van der Waals surface area contributed by atoms with Gasteiger partial charge in [-0.05, 0) is 18.2 Å². The van der Waals surface area contributed by atoms with Crippen molar-refractivity contribution in [1.82, 2.24) is 4.72 Å². The Morgan fingerprint density at radius 1 is 1.10 bits per heavy atom. The van der Waals surface area contributed by atoms with Crippen LogP contribution >= 0.6 is 0 Å². The van der Waals surface area contributed by atoms with Gasteiger partial charge in [-0.25, -0.2) is 13.1 Å². The molecular weight excluding hydrogens is 278 g/mol. The van der Waals surface area contributed by atoms with E-state index in [1.54, 1.807) is 36.4 Å². The highest BCUT2D eigenvalue weighted by molar-refractivity contribution is 7.89. The lowest BCUT2D eigenvalue weighted by molar-refractivity contribution is 0.409. The van der Waals surface area contributed by atoms with Crippen LogP contribution in [0.5, 0.6) is 11.5 Å². The second-order valence-electron chi connectivity index (χ2n) is 4.10. The van der Waals surface area contributed by atoms with Gasteiger partial charge in [0.05, 0.1) is 7.11 Å². The van der Waals surface area contributed by atoms with Gasteiger partial charge in [-0.2, -0.15) is 0 Å². The van der Waals surface area contributed by atoms with Crippen molar-refractivity contribution in [3.63, 3.8) is 0 Å². The molecule has 0 atom stereocenters. The average molecular weight is 293 g/mol. The second-order valence-corrected chi connectivity index (χ2v) is 5.84. The number of hydrogen-bond acceptors (Lipinski definition) is 4. The number of rotatable bonds is 5. The normalized spacial score (nSPS) is 11.2. The maximum Gasteiger partial charge on any atom is 0.244 e. The van der Waals surface area contributed by atoms with E-state index < -0.39 is 10.0 Å². The fourth-order valence-electron chi connectivity index (χ4n) is 1.78. The number of sulfonamides is 1. The minimum absolute atomic E-state index is 0.0840. The number of para-hydroxylation sites is 2. The van der Waals surface area contributed by atoms with Crippen molar-refractivity contribution in [3.8, 4) is 11.5 Å². The number of nitrogens with one attached hydrogen (secondary N) is 1. The van der Waals surface area contributed by atoms with Crippen LogP contribution in [0.2, 0.25) is 0 Å². The van der Waals surface area contributed by atoms with Crippen molar-refractivity contribution < 1.29 is 18.3 Å².